The molecule has 137 heavy (non-hydrogen) atoms. The van der Waals surface area contributed by atoms with Crippen LogP contribution >= 0.6 is 11.6 Å². The molecule has 2 unspecified atom stereocenters. The minimum absolute atomic E-state index is 0.0391. The Balaban J connectivity index is 0.000000154. The number of H-pyrrole nitrogens is 1. The highest BCUT2D eigenvalue weighted by molar-refractivity contribution is 6.32. The largest absolute Gasteiger partial charge is 0.497 e. The monoisotopic (exact) mass is 1860 g/mol. The lowest BCUT2D eigenvalue weighted by atomic mass is 10.0. The number of nitrogens with one attached hydrogen (secondary N) is 8. The van der Waals surface area contributed by atoms with E-state index in [0.29, 0.717) is 106 Å². The first-order valence-electron chi connectivity index (χ1n) is 44.7. The summed E-state index contributed by atoms with van der Waals surface area (Å²) in [5, 5.41) is 20.8. The number of fused-ring (bicyclic) bond motifs is 1. The standard InChI is InChI=1S/C24H22N2O2.C23H21N3O3.C23H21NO2.C21H22ClFN2O3.C20H21N3O3/c27-23(20-10-8-19(9-11-20)18-6-2-1-3-7-18)25-22-14-12-21(13-15-22)24(28)26-16-4-5-17-26;1-15-3-5-17(6-4-15)22(28)25-20-9-7-18(8-10-20)23(29)26-21-13-11-19(12-14-21)24-16(2)27;1-16-6-10-19(11-7-16)22(25)15-18-4-3-5-20(14-18)23(26)24-21-12-8-17(2)9-13-21;1-14(26)16-3-6-18(7-4-16)24-9-11-25(12-10-24)21(27)15(2)28-20-8-5-17(23)13-19(20)22;1-13(24)22-19(11-14-12-21-18-6-4-3-5-17(14)18)20(25)23-15-7-9-16(26-2)10-8-15/h1-3,6-15H,4-5,16-17H2,(H,25,27);3-14H,1-2H3,(H,24,27)(H,25,28)(H,26,29);3-14H,15H2,1-2H3,(H,24,26);3-8,13,15H,9-12H2,1-2H3;3-10,12,19,21H,11H2,1-2H3,(H,22,24)(H,23,25). The molecule has 24 nitrogen and oxygen atoms in total. The molecule has 0 radical (unpaired) electrons. The smallest absolute Gasteiger partial charge is 0.263 e. The number of benzene rings is 13. The van der Waals surface area contributed by atoms with Crippen molar-refractivity contribution in [3.05, 3.63) is 399 Å². The molecule has 9 amide bonds. The fraction of sp³-hybridized carbons (Fsp3) is 0.180. The Morgan fingerprint density at radius 3 is 1.40 bits per heavy atom. The Morgan fingerprint density at radius 2 is 0.876 bits per heavy atom. The Kier molecular flexibility index (Phi) is 35.5. The second-order valence-electron chi connectivity index (χ2n) is 32.9. The van der Waals surface area contributed by atoms with Gasteiger partial charge in [-0.25, -0.2) is 4.39 Å². The third-order valence-corrected chi connectivity index (χ3v) is 22.7. The molecule has 2 aliphatic heterocycles. The van der Waals surface area contributed by atoms with Crippen molar-refractivity contribution >= 4 is 127 Å². The van der Waals surface area contributed by atoms with Gasteiger partial charge >= 0.3 is 0 Å². The normalized spacial score (nSPS) is 12.2. The molecule has 14 aromatic rings. The zero-order valence-corrected chi connectivity index (χ0v) is 78.0. The number of ketones is 2. The molecular weight excluding hydrogens is 1750 g/mol. The molecule has 3 heterocycles. The highest BCUT2D eigenvalue weighted by Gasteiger charge is 2.29. The number of halogens is 2. The SMILES string of the molecule is CC(=O)Nc1ccc(NC(=O)c2ccc(NC(=O)c3ccc(C)cc3)cc2)cc1.CC(=O)c1ccc(N2CCN(C(=O)C(C)Oc3ccc(F)cc3Cl)CC2)cc1.COc1ccc(NC(=O)C(Cc2c[nH]c3ccccc23)NC(C)=O)cc1.Cc1ccc(NC(=O)c2cccc(CC(=O)c3ccc(C)cc3)c2)cc1.O=C(Nc1ccc(C(=O)N2CCCC2)cc1)c1ccc(-c2ccccc2)cc1. The van der Waals surface area contributed by atoms with Crippen molar-refractivity contribution in [3.8, 4) is 22.6 Å². The van der Waals surface area contributed by atoms with Gasteiger partial charge in [-0.3, -0.25) is 52.7 Å². The molecule has 13 aromatic carbocycles. The van der Waals surface area contributed by atoms with Crippen molar-refractivity contribution in [2.75, 3.05) is 83.2 Å². The number of likely N-dealkylation sites (tertiary alicyclic amines) is 1. The highest BCUT2D eigenvalue weighted by atomic mass is 35.5. The van der Waals surface area contributed by atoms with Crippen LogP contribution in [-0.4, -0.2) is 138 Å². The molecule has 1 aromatic heterocycles. The number of rotatable bonds is 25. The first kappa shape index (κ1) is 99.6. The van der Waals surface area contributed by atoms with E-state index in [2.05, 4.69) is 47.1 Å². The molecular formula is C111H107ClFN11O13. The zero-order valence-electron chi connectivity index (χ0n) is 77.2. The van der Waals surface area contributed by atoms with Gasteiger partial charge in [0, 0.05) is 162 Å². The Labute approximate surface area is 800 Å². The number of methoxy groups -OCH3 is 1. The van der Waals surface area contributed by atoms with E-state index in [1.807, 2.05) is 208 Å². The van der Waals surface area contributed by atoms with E-state index in [0.717, 1.165) is 93.2 Å². The van der Waals surface area contributed by atoms with E-state index in [1.165, 1.54) is 26.0 Å². The van der Waals surface area contributed by atoms with Gasteiger partial charge in [0.25, 0.3) is 35.4 Å². The molecule has 16 rings (SSSR count). The number of hydrogen-bond donors (Lipinski definition) is 8. The lowest BCUT2D eigenvalue weighted by Gasteiger charge is -2.37. The summed E-state index contributed by atoms with van der Waals surface area (Å²) in [6.45, 7) is 16.2. The highest BCUT2D eigenvalue weighted by Crippen LogP contribution is 2.30. The van der Waals surface area contributed by atoms with Gasteiger partial charge in [-0.15, -0.1) is 0 Å². The number of carbonyl (C=O) groups excluding carboxylic acids is 11. The average molecular weight is 1860 g/mol. The van der Waals surface area contributed by atoms with Crippen LogP contribution in [0.2, 0.25) is 5.02 Å². The molecule has 0 saturated carbocycles. The number of ether oxygens (including phenoxy) is 2. The number of aromatic amines is 1. The van der Waals surface area contributed by atoms with Gasteiger partial charge in [-0.1, -0.05) is 150 Å². The van der Waals surface area contributed by atoms with Crippen LogP contribution in [0.3, 0.4) is 0 Å². The van der Waals surface area contributed by atoms with Crippen LogP contribution in [0.1, 0.15) is 141 Å². The summed E-state index contributed by atoms with van der Waals surface area (Å²) < 4.78 is 23.9. The molecule has 2 fully saturated rings. The minimum atomic E-state index is -0.718. The summed E-state index contributed by atoms with van der Waals surface area (Å²) in [5.41, 5.74) is 17.5. The van der Waals surface area contributed by atoms with Crippen LogP contribution < -0.4 is 51.6 Å². The van der Waals surface area contributed by atoms with Crippen molar-refractivity contribution < 1.29 is 66.6 Å². The van der Waals surface area contributed by atoms with E-state index in [4.69, 9.17) is 21.1 Å². The summed E-state index contributed by atoms with van der Waals surface area (Å²) >= 11 is 5.96. The fourth-order valence-corrected chi connectivity index (χ4v) is 15.0. The first-order valence-corrected chi connectivity index (χ1v) is 45.1. The zero-order chi connectivity index (χ0) is 97.4. The summed E-state index contributed by atoms with van der Waals surface area (Å²) in [4.78, 5) is 143. The van der Waals surface area contributed by atoms with E-state index in [1.54, 1.807) is 147 Å². The van der Waals surface area contributed by atoms with Crippen LogP contribution in [0.15, 0.2) is 322 Å². The lowest BCUT2D eigenvalue weighted by Crippen LogP contribution is -2.52. The third-order valence-electron chi connectivity index (χ3n) is 22.4. The maximum Gasteiger partial charge on any atom is 0.263 e. The van der Waals surface area contributed by atoms with Gasteiger partial charge < -0.3 is 66.4 Å². The van der Waals surface area contributed by atoms with Crippen molar-refractivity contribution in [1.29, 1.82) is 0 Å². The van der Waals surface area contributed by atoms with Crippen LogP contribution in [0, 0.1) is 26.6 Å². The second-order valence-corrected chi connectivity index (χ2v) is 33.3. The van der Waals surface area contributed by atoms with Crippen LogP contribution in [0.4, 0.5) is 44.2 Å². The van der Waals surface area contributed by atoms with E-state index >= 15 is 0 Å². The van der Waals surface area contributed by atoms with Crippen LogP contribution in [-0.2, 0) is 32.0 Å². The minimum Gasteiger partial charge on any atom is -0.497 e. The molecule has 2 atom stereocenters. The maximum atomic E-state index is 13.1. The molecule has 698 valence electrons. The second kappa shape index (κ2) is 48.8. The van der Waals surface area contributed by atoms with Gasteiger partial charge in [0.2, 0.25) is 17.7 Å². The van der Waals surface area contributed by atoms with Crippen LogP contribution in [0.5, 0.6) is 11.5 Å². The van der Waals surface area contributed by atoms with Crippen molar-refractivity contribution in [2.45, 2.75) is 86.3 Å². The quantitative estimate of drug-likeness (QED) is 0.0247. The fourth-order valence-electron chi connectivity index (χ4n) is 14.8. The molecule has 2 saturated heterocycles. The van der Waals surface area contributed by atoms with Crippen molar-refractivity contribution in [3.63, 3.8) is 0 Å². The lowest BCUT2D eigenvalue weighted by molar-refractivity contribution is -0.138. The molecule has 0 aliphatic carbocycles. The van der Waals surface area contributed by atoms with E-state index < -0.39 is 18.0 Å². The number of aryl methyl sites for hydroxylation is 3. The summed E-state index contributed by atoms with van der Waals surface area (Å²) in [6, 6.07) is 93.4. The van der Waals surface area contributed by atoms with Gasteiger partial charge in [0.1, 0.15) is 23.4 Å². The summed E-state index contributed by atoms with van der Waals surface area (Å²) in [5.74, 6) is -0.951. The Morgan fingerprint density at radius 1 is 0.423 bits per heavy atom. The molecule has 2 aliphatic rings. The number of anilines is 7. The number of para-hydroxylation sites is 1. The third kappa shape index (κ3) is 29.8. The predicted molar refractivity (Wildman–Crippen MR) is 538 cm³/mol. The Hall–Kier alpha value is -16.4. The number of amides is 9. The van der Waals surface area contributed by atoms with Gasteiger partial charge in [-0.2, -0.15) is 0 Å². The van der Waals surface area contributed by atoms with Crippen molar-refractivity contribution in [2.24, 2.45) is 0 Å². The summed E-state index contributed by atoms with van der Waals surface area (Å²) in [7, 11) is 1.58. The van der Waals surface area contributed by atoms with E-state index in [9.17, 15) is 57.1 Å². The van der Waals surface area contributed by atoms with E-state index in [-0.39, 0.29) is 81.9 Å². The number of piperazine rings is 1. The van der Waals surface area contributed by atoms with Crippen LogP contribution in [0.25, 0.3) is 22.0 Å². The van der Waals surface area contributed by atoms with Crippen molar-refractivity contribution in [1.82, 2.24) is 20.1 Å². The predicted octanol–water partition coefficient (Wildman–Crippen LogP) is 20.9. The number of carbonyl (C=O) groups is 11. The molecule has 0 spiro atoms. The van der Waals surface area contributed by atoms with Gasteiger partial charge in [-0.05, 0) is 264 Å². The first-order chi connectivity index (χ1) is 66.0. The molecule has 8 N–H and O–H groups in total. The Bertz CT molecular complexity index is 6540. The number of Topliss-reactive ketones (excluding diaryl/α,β-unsaturated/α-hetero) is 2. The average Bonchev–Trinajstić information content (AvgIpc) is 1.68. The molecule has 0 bridgehead atoms. The topological polar surface area (TPSA) is 316 Å². The number of nitrogens with zero attached hydrogens (tertiary/aromatic N) is 3. The summed E-state index contributed by atoms with van der Waals surface area (Å²) in [6.07, 6.45) is 3.97. The molecule has 26 heteroatoms. The number of aromatic nitrogens is 1. The van der Waals surface area contributed by atoms with Gasteiger partial charge in [0.15, 0.2) is 17.7 Å². The van der Waals surface area contributed by atoms with Gasteiger partial charge in [0.05, 0.1) is 12.1 Å². The maximum absolute atomic E-state index is 13.1. The number of hydrogen-bond acceptors (Lipinski definition) is 14.